The van der Waals surface area contributed by atoms with Crippen molar-refractivity contribution in [2.24, 2.45) is 0 Å². The molecule has 1 aromatic rings. The summed E-state index contributed by atoms with van der Waals surface area (Å²) in [5, 5.41) is 2.72. The number of anilines is 1. The van der Waals surface area contributed by atoms with Crippen molar-refractivity contribution < 1.29 is 0 Å². The molecule has 0 spiro atoms. The third-order valence-electron chi connectivity index (χ3n) is 1.75. The number of hydrogen-bond acceptors (Lipinski definition) is 5. The third kappa shape index (κ3) is 1.61. The Morgan fingerprint density at radius 2 is 2.07 bits per heavy atom. The monoisotopic (exact) mass is 199 g/mol. The molecule has 0 atom stereocenters. The molecule has 78 valence electrons. The van der Waals surface area contributed by atoms with Crippen molar-refractivity contribution in [3.63, 3.8) is 0 Å². The SMILES string of the molecule is CCNc1nc(=O)n(CC)c(=O)n1N. The summed E-state index contributed by atoms with van der Waals surface area (Å²) in [7, 11) is 0. The first kappa shape index (κ1) is 10.3. The molecule has 3 N–H and O–H groups in total. The van der Waals surface area contributed by atoms with Gasteiger partial charge in [0.25, 0.3) is 0 Å². The lowest BCUT2D eigenvalue weighted by Gasteiger charge is -2.08. The number of nitrogen functional groups attached to an aromatic ring is 1. The van der Waals surface area contributed by atoms with Gasteiger partial charge in [-0.1, -0.05) is 0 Å². The van der Waals surface area contributed by atoms with E-state index in [1.54, 1.807) is 6.92 Å². The molecule has 0 aliphatic carbocycles. The Morgan fingerprint density at radius 1 is 1.43 bits per heavy atom. The fourth-order valence-corrected chi connectivity index (χ4v) is 1.06. The molecule has 1 rings (SSSR count). The molecule has 0 aliphatic rings. The summed E-state index contributed by atoms with van der Waals surface area (Å²) in [4.78, 5) is 26.3. The molecular formula is C7H13N5O2. The van der Waals surface area contributed by atoms with Gasteiger partial charge in [-0.05, 0) is 13.8 Å². The zero-order valence-electron chi connectivity index (χ0n) is 8.15. The van der Waals surface area contributed by atoms with Gasteiger partial charge in [-0.3, -0.25) is 0 Å². The number of aromatic nitrogens is 3. The fourth-order valence-electron chi connectivity index (χ4n) is 1.06. The molecule has 0 amide bonds. The van der Waals surface area contributed by atoms with Crippen molar-refractivity contribution in [2.45, 2.75) is 20.4 Å². The summed E-state index contributed by atoms with van der Waals surface area (Å²) >= 11 is 0. The van der Waals surface area contributed by atoms with Gasteiger partial charge in [0, 0.05) is 13.1 Å². The van der Waals surface area contributed by atoms with E-state index >= 15 is 0 Å². The highest BCUT2D eigenvalue weighted by Crippen LogP contribution is 1.89. The van der Waals surface area contributed by atoms with Crippen LogP contribution in [0.5, 0.6) is 0 Å². The Balaban J connectivity index is 3.41. The molecule has 7 nitrogen and oxygen atoms in total. The van der Waals surface area contributed by atoms with Crippen molar-refractivity contribution in [3.05, 3.63) is 21.0 Å². The molecule has 0 bridgehead atoms. The van der Waals surface area contributed by atoms with E-state index in [1.165, 1.54) is 0 Å². The quantitative estimate of drug-likeness (QED) is 0.582. The first-order valence-corrected chi connectivity index (χ1v) is 4.34. The molecule has 0 aromatic carbocycles. The highest BCUT2D eigenvalue weighted by atomic mass is 16.2. The van der Waals surface area contributed by atoms with E-state index in [9.17, 15) is 9.59 Å². The van der Waals surface area contributed by atoms with Gasteiger partial charge in [0.15, 0.2) is 0 Å². The second kappa shape index (κ2) is 3.95. The van der Waals surface area contributed by atoms with E-state index in [1.807, 2.05) is 6.92 Å². The molecule has 0 unspecified atom stereocenters. The van der Waals surface area contributed by atoms with Gasteiger partial charge in [0.2, 0.25) is 5.95 Å². The van der Waals surface area contributed by atoms with E-state index in [4.69, 9.17) is 5.84 Å². The zero-order chi connectivity index (χ0) is 10.7. The molecule has 14 heavy (non-hydrogen) atoms. The minimum Gasteiger partial charge on any atom is -0.354 e. The molecule has 0 radical (unpaired) electrons. The largest absolute Gasteiger partial charge is 0.355 e. The molecule has 0 saturated carbocycles. The lowest BCUT2D eigenvalue weighted by atomic mass is 10.7. The lowest BCUT2D eigenvalue weighted by molar-refractivity contribution is 0.608. The van der Waals surface area contributed by atoms with Crippen molar-refractivity contribution in [1.29, 1.82) is 0 Å². The molecule has 1 heterocycles. The number of rotatable bonds is 3. The molecular weight excluding hydrogens is 186 g/mol. The van der Waals surface area contributed by atoms with E-state index in [-0.39, 0.29) is 12.5 Å². The summed E-state index contributed by atoms with van der Waals surface area (Å²) in [5.74, 6) is 5.52. The minimum absolute atomic E-state index is 0.0900. The Labute approximate surface area is 80.2 Å². The van der Waals surface area contributed by atoms with Gasteiger partial charge in [0.05, 0.1) is 0 Å². The maximum atomic E-state index is 11.4. The van der Waals surface area contributed by atoms with Gasteiger partial charge >= 0.3 is 11.4 Å². The highest BCUT2D eigenvalue weighted by Gasteiger charge is 2.07. The number of hydrogen-bond donors (Lipinski definition) is 2. The first-order valence-electron chi connectivity index (χ1n) is 4.34. The first-order chi connectivity index (χ1) is 6.61. The molecule has 0 saturated heterocycles. The third-order valence-corrected chi connectivity index (χ3v) is 1.75. The maximum Gasteiger partial charge on any atom is 0.355 e. The maximum absolute atomic E-state index is 11.4. The van der Waals surface area contributed by atoms with Crippen LogP contribution in [0.1, 0.15) is 13.8 Å². The fraction of sp³-hybridized carbons (Fsp3) is 0.571. The van der Waals surface area contributed by atoms with E-state index < -0.39 is 11.4 Å². The van der Waals surface area contributed by atoms with Gasteiger partial charge in [-0.25, -0.2) is 14.2 Å². The average Bonchev–Trinajstić information content (AvgIpc) is 2.15. The highest BCUT2D eigenvalue weighted by molar-refractivity contribution is 5.23. The molecule has 0 fully saturated rings. The van der Waals surface area contributed by atoms with Crippen LogP contribution in [0, 0.1) is 0 Å². The Bertz CT molecular complexity index is 433. The van der Waals surface area contributed by atoms with Gasteiger partial charge in [-0.15, -0.1) is 0 Å². The summed E-state index contributed by atoms with van der Waals surface area (Å²) < 4.78 is 1.79. The summed E-state index contributed by atoms with van der Waals surface area (Å²) in [6, 6.07) is 0. The standard InChI is InChI=1S/C7H13N5O2/c1-3-9-5-10-6(13)11(4-2)7(14)12(5)8/h3-4,8H2,1-2H3,(H,9,10,13). The van der Waals surface area contributed by atoms with E-state index in [2.05, 4.69) is 10.3 Å². The Hall–Kier alpha value is -1.79. The van der Waals surface area contributed by atoms with Crippen molar-refractivity contribution in [1.82, 2.24) is 14.2 Å². The van der Waals surface area contributed by atoms with Gasteiger partial charge < -0.3 is 11.2 Å². The van der Waals surface area contributed by atoms with Gasteiger partial charge in [0.1, 0.15) is 0 Å². The predicted molar refractivity (Wildman–Crippen MR) is 52.7 cm³/mol. The molecule has 7 heteroatoms. The van der Waals surface area contributed by atoms with Crippen LogP contribution in [0.25, 0.3) is 0 Å². The van der Waals surface area contributed by atoms with Crippen LogP contribution in [0.15, 0.2) is 9.59 Å². The van der Waals surface area contributed by atoms with Crippen LogP contribution in [-0.4, -0.2) is 20.8 Å². The Kier molecular flexibility index (Phi) is 2.90. The second-order valence-electron chi connectivity index (χ2n) is 2.65. The predicted octanol–water partition coefficient (Wildman–Crippen LogP) is -1.43. The second-order valence-corrected chi connectivity index (χ2v) is 2.65. The van der Waals surface area contributed by atoms with E-state index in [0.717, 1.165) is 9.24 Å². The van der Waals surface area contributed by atoms with Crippen LogP contribution in [0.2, 0.25) is 0 Å². The van der Waals surface area contributed by atoms with Crippen LogP contribution in [0.3, 0.4) is 0 Å². The Morgan fingerprint density at radius 3 is 2.57 bits per heavy atom. The van der Waals surface area contributed by atoms with Crippen molar-refractivity contribution >= 4 is 5.95 Å². The minimum atomic E-state index is -0.588. The summed E-state index contributed by atoms with van der Waals surface area (Å²) in [6.45, 7) is 4.29. The normalized spacial score (nSPS) is 10.1. The van der Waals surface area contributed by atoms with Crippen molar-refractivity contribution in [3.8, 4) is 0 Å². The van der Waals surface area contributed by atoms with E-state index in [0.29, 0.717) is 6.54 Å². The molecule has 1 aromatic heterocycles. The smallest absolute Gasteiger partial charge is 0.354 e. The zero-order valence-corrected chi connectivity index (χ0v) is 8.15. The summed E-state index contributed by atoms with van der Waals surface area (Å²) in [5.41, 5.74) is -1.15. The number of nitrogens with two attached hydrogens (primary N) is 1. The number of nitrogens with one attached hydrogen (secondary N) is 1. The van der Waals surface area contributed by atoms with Crippen molar-refractivity contribution in [2.75, 3.05) is 17.7 Å². The van der Waals surface area contributed by atoms with Crippen LogP contribution < -0.4 is 22.5 Å². The van der Waals surface area contributed by atoms with Crippen LogP contribution in [0.4, 0.5) is 5.95 Å². The average molecular weight is 199 g/mol. The molecule has 0 aliphatic heterocycles. The lowest BCUT2D eigenvalue weighted by Crippen LogP contribution is -2.45. The van der Waals surface area contributed by atoms with Gasteiger partial charge in [-0.2, -0.15) is 9.66 Å². The number of nitrogens with zero attached hydrogens (tertiary/aromatic N) is 3. The topological polar surface area (TPSA) is 94.9 Å². The summed E-state index contributed by atoms with van der Waals surface area (Å²) in [6.07, 6.45) is 0. The van der Waals surface area contributed by atoms with Crippen LogP contribution >= 0.6 is 0 Å². The van der Waals surface area contributed by atoms with Crippen LogP contribution in [-0.2, 0) is 6.54 Å².